The molecule has 0 saturated heterocycles. The van der Waals surface area contributed by atoms with Crippen molar-refractivity contribution < 1.29 is 40.5 Å². The Morgan fingerprint density at radius 1 is 0.531 bits per heavy atom. The van der Waals surface area contributed by atoms with Gasteiger partial charge in [0.25, 0.3) is 0 Å². The monoisotopic (exact) mass is 595 g/mol. The molecule has 0 bridgehead atoms. The van der Waals surface area contributed by atoms with E-state index in [4.69, 9.17) is 0 Å². The van der Waals surface area contributed by atoms with Crippen molar-refractivity contribution in [1.82, 2.24) is 4.98 Å². The molecule has 1 nitrogen and oxygen atoms in total. The van der Waals surface area contributed by atoms with E-state index in [0.29, 0.717) is 0 Å². The zero-order chi connectivity index (χ0) is 26.3. The predicted octanol–water partition coefficient (Wildman–Crippen LogP) is 9.24. The van der Waals surface area contributed by atoms with Gasteiger partial charge in [-0.2, -0.15) is 0 Å². The quantitative estimate of drug-likeness (QED) is 0.105. The summed E-state index contributed by atoms with van der Waals surface area (Å²) in [6.07, 6.45) is 0. The Morgan fingerprint density at radius 3 is 0.812 bits per heavy atom. The van der Waals surface area contributed by atoms with E-state index in [-0.39, 0.29) is 15.8 Å². The van der Waals surface area contributed by atoms with Gasteiger partial charge < -0.3 is 4.98 Å². The van der Waals surface area contributed by atoms with E-state index in [9.17, 15) is 20.8 Å². The number of rotatable bonds is 6. The molecule has 1 heterocycles. The van der Waals surface area contributed by atoms with Gasteiger partial charge in [-0.05, 0) is 34.0 Å². The number of nitrogens with zero attached hydrogens (tertiary/aromatic N) is 1. The van der Waals surface area contributed by atoms with Gasteiger partial charge in [0.1, 0.15) is 11.9 Å². The molecule has 1 rings (SSSR count). The van der Waals surface area contributed by atoms with Gasteiger partial charge in [-0.25, -0.2) is 8.78 Å². The summed E-state index contributed by atoms with van der Waals surface area (Å²) >= 11 is 1.25. The van der Waals surface area contributed by atoms with Crippen LogP contribution in [0, 0.1) is 29.6 Å². The molecule has 0 aliphatic rings. The zero-order valence-corrected chi connectivity index (χ0v) is 24.9. The summed E-state index contributed by atoms with van der Waals surface area (Å²) < 4.78 is 56.7. The Hall–Kier alpha value is 0.322. The Bertz CT molecular complexity index is 488. The Morgan fingerprint density at radius 2 is 0.719 bits per heavy atom. The first-order valence-corrected chi connectivity index (χ1v) is 14.5. The van der Waals surface area contributed by atoms with Gasteiger partial charge in [-0.15, -0.1) is 0 Å². The Labute approximate surface area is 207 Å². The number of hydrogen-bond acceptors (Lipinski definition) is 1. The van der Waals surface area contributed by atoms with Crippen LogP contribution < -0.4 is 0 Å². The van der Waals surface area contributed by atoms with Crippen molar-refractivity contribution in [3.05, 3.63) is 29.6 Å². The van der Waals surface area contributed by atoms with Crippen molar-refractivity contribution in [2.24, 2.45) is 0 Å². The molecule has 32 heavy (non-hydrogen) atoms. The van der Waals surface area contributed by atoms with Gasteiger partial charge in [0.2, 0.25) is 0 Å². The van der Waals surface area contributed by atoms with Crippen molar-refractivity contribution in [3.63, 3.8) is 0 Å². The average Bonchev–Trinajstić information content (AvgIpc) is 2.60. The van der Waals surface area contributed by atoms with Crippen LogP contribution in [-0.4, -0.2) is 38.9 Å². The second-order valence-corrected chi connectivity index (χ2v) is 16.9. The Kier molecular flexibility index (Phi) is 22.6. The third-order valence-corrected chi connectivity index (χ3v) is 11.5. The molecule has 194 valence electrons. The maximum atomic E-state index is 11.9. The molecule has 0 amide bonds. The van der Waals surface area contributed by atoms with E-state index in [1.807, 2.05) is 0 Å². The van der Waals surface area contributed by atoms with E-state index < -0.39 is 23.5 Å². The molecule has 0 radical (unpaired) electrons. The van der Waals surface area contributed by atoms with Crippen LogP contribution in [-0.2, 0) is 19.7 Å². The van der Waals surface area contributed by atoms with Crippen LogP contribution >= 0.6 is 15.8 Å². The second-order valence-electron chi connectivity index (χ2n) is 8.90. The maximum absolute atomic E-state index is 11.9. The third kappa shape index (κ3) is 16.0. The summed E-state index contributed by atoms with van der Waals surface area (Å²) in [5.41, 5.74) is 5.39. The topological polar surface area (TPSA) is 12.9 Å². The van der Waals surface area contributed by atoms with Crippen LogP contribution in [0.5, 0.6) is 0 Å². The van der Waals surface area contributed by atoms with E-state index in [0.717, 1.165) is 40.0 Å². The summed E-state index contributed by atoms with van der Waals surface area (Å²) in [6.45, 7) is 28.2. The molecule has 1 aromatic heterocycles. The summed E-state index contributed by atoms with van der Waals surface area (Å²) in [5.74, 6) is -6.64. The van der Waals surface area contributed by atoms with Gasteiger partial charge in [0.05, 0.1) is 11.6 Å². The molecule has 0 fully saturated rings. The zero-order valence-electron chi connectivity index (χ0n) is 21.5. The van der Waals surface area contributed by atoms with Crippen molar-refractivity contribution >= 4 is 15.8 Å². The third-order valence-electron chi connectivity index (χ3n) is 4.36. The molecule has 1 aromatic rings. The van der Waals surface area contributed by atoms with Crippen molar-refractivity contribution in [2.45, 2.75) is 117 Å². The fourth-order valence-corrected chi connectivity index (χ4v) is 11.1. The van der Waals surface area contributed by atoms with Gasteiger partial charge in [0, 0.05) is 0 Å². The number of aromatic nitrogens is 1. The van der Waals surface area contributed by atoms with Crippen LogP contribution in [0.25, 0.3) is 0 Å². The molecule has 0 aliphatic carbocycles. The van der Waals surface area contributed by atoms with Crippen LogP contribution in [0.1, 0.15) is 83.1 Å². The van der Waals surface area contributed by atoms with E-state index in [2.05, 4.69) is 88.1 Å². The minimum atomic E-state index is -1.70. The molecule has 0 unspecified atom stereocenters. The minimum absolute atomic E-state index is 0.262. The second kappa shape index (κ2) is 19.6. The molecule has 0 aliphatic heterocycles. The number of halogens is 5. The summed E-state index contributed by atoms with van der Waals surface area (Å²) in [6, 6.07) is 1.16. The number of pyridine rings is 1. The standard InChI is InChI=1S/2C9H21P.C5F4N.FH.Pd/c2*1-7(2)10(8(3)4)9(5)6;6-2-1-3(7)5(9)10-4(2)8;;/h2*7-9H,1-6H3;;1H;/q;;-1;;+2/p-1. The van der Waals surface area contributed by atoms with Gasteiger partial charge >= 0.3 is 22.9 Å². The predicted molar refractivity (Wildman–Crippen MR) is 129 cm³/mol. The number of hydrogen-bond donors (Lipinski definition) is 0. The van der Waals surface area contributed by atoms with Crippen LogP contribution in [0.15, 0.2) is 0 Å². The van der Waals surface area contributed by atoms with E-state index >= 15 is 0 Å². The first-order valence-electron chi connectivity index (χ1n) is 10.8. The molecule has 0 aromatic carbocycles. The molecular formula is C23H42F5NP2Pd. The Balaban J connectivity index is -0.000000379. The van der Waals surface area contributed by atoms with Gasteiger partial charge in [-0.3, -0.25) is 8.78 Å². The summed E-state index contributed by atoms with van der Waals surface area (Å²) in [7, 11) is 0.525. The van der Waals surface area contributed by atoms with Crippen molar-refractivity contribution in [3.8, 4) is 0 Å². The van der Waals surface area contributed by atoms with Crippen LogP contribution in [0.4, 0.5) is 20.8 Å². The van der Waals surface area contributed by atoms with E-state index in [1.165, 1.54) is 19.7 Å². The molecule has 0 atom stereocenters. The molecule has 0 N–H and O–H groups in total. The summed E-state index contributed by atoms with van der Waals surface area (Å²) in [4.78, 5) is 2.26. The molecule has 0 saturated carbocycles. The van der Waals surface area contributed by atoms with Gasteiger partial charge in [0.15, 0.2) is 0 Å². The summed E-state index contributed by atoms with van der Waals surface area (Å²) in [5, 5.41) is 0. The molecule has 0 spiro atoms. The molecular weight excluding hydrogens is 554 g/mol. The fraction of sp³-hybridized carbons (Fsp3) is 0.783. The van der Waals surface area contributed by atoms with Crippen molar-refractivity contribution in [1.29, 1.82) is 0 Å². The van der Waals surface area contributed by atoms with Crippen LogP contribution in [0.3, 0.4) is 0 Å². The SMILES string of the molecule is CC(C)P(C(C)C)C(C)C.CC(C)P(C(C)C)C(C)C.Fc1[c-]c(F)c(F)nc1F.[F][Pd+]. The van der Waals surface area contributed by atoms with Crippen molar-refractivity contribution in [2.75, 3.05) is 0 Å². The average molecular weight is 596 g/mol. The molecule has 9 heteroatoms. The fourth-order valence-electron chi connectivity index (χ4n) is 3.96. The van der Waals surface area contributed by atoms with Gasteiger partial charge in [-0.1, -0.05) is 105 Å². The van der Waals surface area contributed by atoms with E-state index in [1.54, 1.807) is 0 Å². The first kappa shape index (κ1) is 36.9. The first-order chi connectivity index (χ1) is 14.5. The normalized spacial score (nSPS) is 11.2. The van der Waals surface area contributed by atoms with Crippen LogP contribution in [0.2, 0.25) is 0 Å².